The fraction of sp³-hybridized carbons (Fsp3) is 0.190. The van der Waals surface area contributed by atoms with Crippen molar-refractivity contribution in [3.63, 3.8) is 0 Å². The standard InChI is InChI=1S/C21H20FN7O2/c1-3-6-24-20-17-15(10-25-21(17)27-11-26-20)18(30)14-4-5-16(29-19(14)22)28-12-7-13(31-2)9-23-8-12/h4-5,7-11H,3,6H2,1-2H3,(H,28,29)(H2,24,25,26,27). The van der Waals surface area contributed by atoms with E-state index in [2.05, 4.69) is 35.6 Å². The third kappa shape index (κ3) is 4.13. The molecule has 0 aliphatic rings. The predicted octanol–water partition coefficient (Wildman–Crippen LogP) is 3.69. The van der Waals surface area contributed by atoms with Crippen LogP contribution in [0.25, 0.3) is 11.0 Å². The molecule has 4 heterocycles. The van der Waals surface area contributed by atoms with Crippen LogP contribution in [0.4, 0.5) is 21.7 Å². The maximum atomic E-state index is 14.8. The molecule has 10 heteroatoms. The van der Waals surface area contributed by atoms with Gasteiger partial charge in [-0.3, -0.25) is 9.78 Å². The molecule has 4 aromatic rings. The fourth-order valence-corrected chi connectivity index (χ4v) is 3.08. The Morgan fingerprint density at radius 1 is 1.23 bits per heavy atom. The van der Waals surface area contributed by atoms with Gasteiger partial charge in [0.2, 0.25) is 5.95 Å². The van der Waals surface area contributed by atoms with Crippen molar-refractivity contribution in [3.8, 4) is 5.75 Å². The summed E-state index contributed by atoms with van der Waals surface area (Å²) < 4.78 is 19.9. The fourth-order valence-electron chi connectivity index (χ4n) is 3.08. The first-order chi connectivity index (χ1) is 15.1. The quantitative estimate of drug-likeness (QED) is 0.291. The molecule has 0 aliphatic heterocycles. The van der Waals surface area contributed by atoms with E-state index in [1.807, 2.05) is 6.92 Å². The van der Waals surface area contributed by atoms with Crippen LogP contribution in [0.1, 0.15) is 29.3 Å². The molecule has 4 aromatic heterocycles. The largest absolute Gasteiger partial charge is 0.495 e. The van der Waals surface area contributed by atoms with E-state index in [1.54, 1.807) is 18.5 Å². The Morgan fingerprint density at radius 2 is 2.10 bits per heavy atom. The van der Waals surface area contributed by atoms with Crippen LogP contribution in [0.15, 0.2) is 43.1 Å². The van der Waals surface area contributed by atoms with Gasteiger partial charge in [-0.1, -0.05) is 6.92 Å². The number of methoxy groups -OCH3 is 1. The van der Waals surface area contributed by atoms with Crippen LogP contribution in [-0.4, -0.2) is 44.4 Å². The molecule has 4 rings (SSSR count). The van der Waals surface area contributed by atoms with Crippen LogP contribution in [-0.2, 0) is 0 Å². The Morgan fingerprint density at radius 3 is 2.87 bits per heavy atom. The van der Waals surface area contributed by atoms with Crippen molar-refractivity contribution < 1.29 is 13.9 Å². The monoisotopic (exact) mass is 421 g/mol. The van der Waals surface area contributed by atoms with Crippen molar-refractivity contribution in [3.05, 3.63) is 60.2 Å². The first-order valence-electron chi connectivity index (χ1n) is 9.64. The van der Waals surface area contributed by atoms with E-state index in [-0.39, 0.29) is 16.9 Å². The highest BCUT2D eigenvalue weighted by atomic mass is 19.1. The van der Waals surface area contributed by atoms with E-state index in [9.17, 15) is 9.18 Å². The number of carbonyl (C=O) groups is 1. The number of rotatable bonds is 8. The molecule has 0 saturated heterocycles. The predicted molar refractivity (Wildman–Crippen MR) is 114 cm³/mol. The summed E-state index contributed by atoms with van der Waals surface area (Å²) in [5.74, 6) is -0.100. The Kier molecular flexibility index (Phi) is 5.69. The molecule has 158 valence electrons. The van der Waals surface area contributed by atoms with E-state index >= 15 is 0 Å². The molecule has 0 bridgehead atoms. The number of nitrogens with one attached hydrogen (secondary N) is 3. The number of ketones is 1. The number of halogens is 1. The lowest BCUT2D eigenvalue weighted by atomic mass is 10.0. The summed E-state index contributed by atoms with van der Waals surface area (Å²) in [6.07, 6.45) is 6.90. The number of fused-ring (bicyclic) bond motifs is 1. The lowest BCUT2D eigenvalue weighted by Gasteiger charge is -2.09. The minimum Gasteiger partial charge on any atom is -0.495 e. The van der Waals surface area contributed by atoms with E-state index in [4.69, 9.17) is 4.74 Å². The molecule has 0 atom stereocenters. The molecule has 0 fully saturated rings. The maximum Gasteiger partial charge on any atom is 0.226 e. The first kappa shape index (κ1) is 20.2. The first-order valence-corrected chi connectivity index (χ1v) is 9.64. The van der Waals surface area contributed by atoms with Crippen LogP contribution in [0.2, 0.25) is 0 Å². The summed E-state index contributed by atoms with van der Waals surface area (Å²) in [5, 5.41) is 6.63. The summed E-state index contributed by atoms with van der Waals surface area (Å²) in [7, 11) is 1.53. The van der Waals surface area contributed by atoms with Crippen molar-refractivity contribution in [1.82, 2.24) is 24.9 Å². The number of aromatic nitrogens is 5. The van der Waals surface area contributed by atoms with Crippen LogP contribution >= 0.6 is 0 Å². The van der Waals surface area contributed by atoms with E-state index in [0.29, 0.717) is 34.8 Å². The normalized spacial score (nSPS) is 10.8. The molecule has 0 saturated carbocycles. The Labute approximate surface area is 177 Å². The Bertz CT molecular complexity index is 1240. The minimum atomic E-state index is -0.889. The second-order valence-electron chi connectivity index (χ2n) is 6.68. The van der Waals surface area contributed by atoms with Crippen molar-refractivity contribution in [2.24, 2.45) is 0 Å². The van der Waals surface area contributed by atoms with Gasteiger partial charge in [-0.25, -0.2) is 15.0 Å². The number of H-pyrrole nitrogens is 1. The second-order valence-corrected chi connectivity index (χ2v) is 6.68. The molecule has 0 aliphatic carbocycles. The number of hydrogen-bond acceptors (Lipinski definition) is 8. The average molecular weight is 421 g/mol. The molecule has 0 unspecified atom stereocenters. The lowest BCUT2D eigenvalue weighted by Crippen LogP contribution is -2.09. The molecule has 0 radical (unpaired) electrons. The number of carbonyl (C=O) groups excluding carboxylic acids is 1. The molecule has 0 spiro atoms. The summed E-state index contributed by atoms with van der Waals surface area (Å²) in [5.41, 5.74) is 1.19. The van der Waals surface area contributed by atoms with Crippen molar-refractivity contribution >= 4 is 34.1 Å². The van der Waals surface area contributed by atoms with Crippen LogP contribution in [0, 0.1) is 5.95 Å². The van der Waals surface area contributed by atoms with E-state index in [1.165, 1.54) is 31.8 Å². The zero-order valence-electron chi connectivity index (χ0n) is 16.9. The van der Waals surface area contributed by atoms with Gasteiger partial charge in [-0.05, 0) is 18.6 Å². The van der Waals surface area contributed by atoms with Gasteiger partial charge in [0.1, 0.15) is 29.4 Å². The van der Waals surface area contributed by atoms with Gasteiger partial charge in [0.15, 0.2) is 5.78 Å². The van der Waals surface area contributed by atoms with Gasteiger partial charge < -0.3 is 20.4 Å². The number of aromatic amines is 1. The molecule has 0 aromatic carbocycles. The van der Waals surface area contributed by atoms with Crippen LogP contribution in [0.3, 0.4) is 0 Å². The van der Waals surface area contributed by atoms with Crippen LogP contribution < -0.4 is 15.4 Å². The molecule has 9 nitrogen and oxygen atoms in total. The zero-order valence-corrected chi connectivity index (χ0v) is 16.9. The molecule has 3 N–H and O–H groups in total. The number of ether oxygens (including phenoxy) is 1. The highest BCUT2D eigenvalue weighted by molar-refractivity contribution is 6.18. The maximum absolute atomic E-state index is 14.8. The molecule has 31 heavy (non-hydrogen) atoms. The third-order valence-electron chi connectivity index (χ3n) is 4.57. The van der Waals surface area contributed by atoms with E-state index in [0.717, 1.165) is 6.42 Å². The number of hydrogen-bond donors (Lipinski definition) is 3. The summed E-state index contributed by atoms with van der Waals surface area (Å²) in [6, 6.07) is 4.61. The summed E-state index contributed by atoms with van der Waals surface area (Å²) >= 11 is 0. The van der Waals surface area contributed by atoms with Gasteiger partial charge in [0.25, 0.3) is 0 Å². The van der Waals surface area contributed by atoms with Gasteiger partial charge in [0, 0.05) is 18.8 Å². The zero-order chi connectivity index (χ0) is 21.8. The summed E-state index contributed by atoms with van der Waals surface area (Å²) in [4.78, 5) is 32.3. The number of pyridine rings is 2. The topological polar surface area (TPSA) is 118 Å². The molecular weight excluding hydrogens is 401 g/mol. The number of nitrogens with zero attached hydrogens (tertiary/aromatic N) is 4. The Hall–Kier alpha value is -4.08. The van der Waals surface area contributed by atoms with Gasteiger partial charge in [-0.2, -0.15) is 4.39 Å². The molecular formula is C21H20FN7O2. The van der Waals surface area contributed by atoms with Gasteiger partial charge >= 0.3 is 0 Å². The minimum absolute atomic E-state index is 0.152. The van der Waals surface area contributed by atoms with E-state index < -0.39 is 11.7 Å². The van der Waals surface area contributed by atoms with Crippen molar-refractivity contribution in [1.29, 1.82) is 0 Å². The van der Waals surface area contributed by atoms with Gasteiger partial charge in [0.05, 0.1) is 41.7 Å². The van der Waals surface area contributed by atoms with Crippen LogP contribution in [0.5, 0.6) is 5.75 Å². The smallest absolute Gasteiger partial charge is 0.226 e. The number of anilines is 3. The average Bonchev–Trinajstić information content (AvgIpc) is 3.22. The highest BCUT2D eigenvalue weighted by Gasteiger charge is 2.22. The summed E-state index contributed by atoms with van der Waals surface area (Å²) in [6.45, 7) is 2.70. The van der Waals surface area contributed by atoms with Gasteiger partial charge in [-0.15, -0.1) is 0 Å². The third-order valence-corrected chi connectivity index (χ3v) is 4.57. The second kappa shape index (κ2) is 8.74. The molecule has 0 amide bonds. The lowest BCUT2D eigenvalue weighted by molar-refractivity contribution is 0.103. The Balaban J connectivity index is 1.63. The highest BCUT2D eigenvalue weighted by Crippen LogP contribution is 2.27. The van der Waals surface area contributed by atoms with Crippen molar-refractivity contribution in [2.45, 2.75) is 13.3 Å². The SMILES string of the molecule is CCCNc1ncnc2[nH]cc(C(=O)c3ccc(Nc4cncc(OC)c4)nc3F)c12. The van der Waals surface area contributed by atoms with Crippen molar-refractivity contribution in [2.75, 3.05) is 24.3 Å².